The third-order valence-electron chi connectivity index (χ3n) is 16.8. The molecule has 20 heteroatoms. The average molecular weight is 1040 g/mol. The Balaban J connectivity index is 0.894. The number of ether oxygens (including phenoxy) is 4. The molecule has 400 valence electrons. The number of carbonyl (C=O) groups is 4. The molecule has 0 saturated carbocycles. The summed E-state index contributed by atoms with van der Waals surface area (Å²) in [6.07, 6.45) is 8.38. The second-order valence-corrected chi connectivity index (χ2v) is 21.1. The van der Waals surface area contributed by atoms with Crippen molar-refractivity contribution in [2.24, 2.45) is 11.8 Å². The molecule has 0 bridgehead atoms. The molecule has 18 nitrogen and oxygen atoms in total. The van der Waals surface area contributed by atoms with Crippen LogP contribution in [0.2, 0.25) is 0 Å². The van der Waals surface area contributed by atoms with E-state index in [4.69, 9.17) is 28.9 Å². The van der Waals surface area contributed by atoms with Crippen molar-refractivity contribution in [1.82, 2.24) is 40.4 Å². The van der Waals surface area contributed by atoms with Crippen LogP contribution in [0.4, 0.5) is 29.7 Å². The molecule has 6 aliphatic heterocycles. The minimum Gasteiger partial charge on any atom is -0.453 e. The van der Waals surface area contributed by atoms with Gasteiger partial charge >= 0.3 is 12.2 Å². The van der Waals surface area contributed by atoms with Crippen LogP contribution < -0.4 is 20.4 Å². The number of H-pyrrole nitrogens is 2. The Morgan fingerprint density at radius 2 is 1.04 bits per heavy atom. The molecule has 4 amide bonds. The van der Waals surface area contributed by atoms with Crippen LogP contribution in [0, 0.1) is 23.5 Å². The van der Waals surface area contributed by atoms with Crippen molar-refractivity contribution in [3.63, 3.8) is 0 Å². The van der Waals surface area contributed by atoms with Gasteiger partial charge in [-0.15, -0.1) is 0 Å². The summed E-state index contributed by atoms with van der Waals surface area (Å²) in [5.41, 5.74) is 5.36. The van der Waals surface area contributed by atoms with E-state index in [1.165, 1.54) is 26.4 Å². The topological polar surface area (TPSA) is 200 Å². The van der Waals surface area contributed by atoms with Crippen molar-refractivity contribution in [3.05, 3.63) is 82.9 Å². The van der Waals surface area contributed by atoms with Gasteiger partial charge in [0.25, 0.3) is 0 Å². The van der Waals surface area contributed by atoms with Crippen LogP contribution in [-0.4, -0.2) is 133 Å². The van der Waals surface area contributed by atoms with E-state index < -0.39 is 35.9 Å². The zero-order valence-electron chi connectivity index (χ0n) is 42.8. The van der Waals surface area contributed by atoms with Crippen LogP contribution in [0.1, 0.15) is 130 Å². The molecule has 5 aromatic rings. The minimum atomic E-state index is -0.759. The van der Waals surface area contributed by atoms with E-state index >= 15 is 8.78 Å². The van der Waals surface area contributed by atoms with Gasteiger partial charge in [-0.1, -0.05) is 12.1 Å². The second kappa shape index (κ2) is 22.0. The Bertz CT molecular complexity index is 2720. The molecule has 4 N–H and O–H groups in total. The van der Waals surface area contributed by atoms with E-state index in [-0.39, 0.29) is 53.5 Å². The number of imidazole rings is 2. The van der Waals surface area contributed by atoms with Gasteiger partial charge in [-0.2, -0.15) is 0 Å². The average Bonchev–Trinajstić information content (AvgIpc) is 4.31. The van der Waals surface area contributed by atoms with Gasteiger partial charge in [-0.05, 0) is 143 Å². The van der Waals surface area contributed by atoms with Crippen molar-refractivity contribution in [2.45, 2.75) is 120 Å². The number of piperidine rings is 1. The van der Waals surface area contributed by atoms with Gasteiger partial charge in [0.2, 0.25) is 11.8 Å². The van der Waals surface area contributed by atoms with E-state index in [9.17, 15) is 19.2 Å². The van der Waals surface area contributed by atoms with Crippen LogP contribution in [0.5, 0.6) is 0 Å². The summed E-state index contributed by atoms with van der Waals surface area (Å²) in [4.78, 5) is 78.5. The van der Waals surface area contributed by atoms with Crippen molar-refractivity contribution < 1.29 is 46.9 Å². The number of hydrogen-bond donors (Lipinski definition) is 4. The second-order valence-electron chi connectivity index (χ2n) is 21.1. The van der Waals surface area contributed by atoms with Crippen molar-refractivity contribution in [2.75, 3.05) is 76.6 Å². The van der Waals surface area contributed by atoms with E-state index in [0.29, 0.717) is 121 Å². The highest BCUT2D eigenvalue weighted by atomic mass is 19.1. The Morgan fingerprint density at radius 3 is 1.48 bits per heavy atom. The molecule has 0 radical (unpaired) electrons. The maximum atomic E-state index is 16.5. The zero-order valence-corrected chi connectivity index (χ0v) is 42.8. The largest absolute Gasteiger partial charge is 0.453 e. The number of halogens is 2. The van der Waals surface area contributed by atoms with Gasteiger partial charge < -0.3 is 59.1 Å². The highest BCUT2D eigenvalue weighted by Crippen LogP contribution is 2.49. The summed E-state index contributed by atoms with van der Waals surface area (Å²) >= 11 is 0. The molecule has 11 rings (SSSR count). The lowest BCUT2D eigenvalue weighted by Crippen LogP contribution is -2.53. The number of hydrogen-bond acceptors (Lipinski definition) is 12. The molecule has 8 heterocycles. The predicted molar refractivity (Wildman–Crippen MR) is 275 cm³/mol. The number of carbonyl (C=O) groups excluding carboxylic acids is 4. The number of rotatable bonds is 12. The molecular weight excluding hydrogens is 967 g/mol. The van der Waals surface area contributed by atoms with Crippen LogP contribution in [-0.2, 0) is 28.5 Å². The van der Waals surface area contributed by atoms with Gasteiger partial charge in [-0.25, -0.2) is 28.3 Å². The van der Waals surface area contributed by atoms with Crippen molar-refractivity contribution >= 4 is 57.4 Å². The quantitative estimate of drug-likeness (QED) is 0.0932. The number of alkyl carbamates (subject to hydrolysis) is 2. The molecule has 2 aromatic heterocycles. The van der Waals surface area contributed by atoms with Gasteiger partial charge in [0.15, 0.2) is 11.6 Å². The molecule has 0 unspecified atom stereocenters. The highest BCUT2D eigenvalue weighted by molar-refractivity contribution is 5.88. The third-order valence-corrected chi connectivity index (χ3v) is 16.8. The number of amides is 4. The Labute approximate surface area is 434 Å². The smallest absolute Gasteiger partial charge is 0.407 e. The molecular formula is C55H68F2N10O8. The number of aromatic nitrogens is 4. The summed E-state index contributed by atoms with van der Waals surface area (Å²) in [5, 5.41) is 5.66. The SMILES string of the molecule is COC(=O)N[C@H](C(=O)N1CCC[C@H]1c1nc2ccc([C@H]3CC[C@@H](c4ccc5nc([C@@H]6CCCN6C(=O)[C@@H](NC(=O)OC)C6CCOCC6)[nH]c5c4)N3c3cc(F)c(N4CCCCC4)c(F)c3)cc2[nH]1)C1CCOCC1. The van der Waals surface area contributed by atoms with Gasteiger partial charge in [-0.3, -0.25) is 9.59 Å². The van der Waals surface area contributed by atoms with Crippen LogP contribution in [0.15, 0.2) is 48.5 Å². The molecule has 0 aliphatic carbocycles. The number of methoxy groups -OCH3 is 2. The summed E-state index contributed by atoms with van der Waals surface area (Å²) in [5.74, 6) is -0.389. The van der Waals surface area contributed by atoms with Crippen LogP contribution in [0.25, 0.3) is 22.1 Å². The zero-order chi connectivity index (χ0) is 51.7. The highest BCUT2D eigenvalue weighted by Gasteiger charge is 2.43. The number of aromatic amines is 2. The van der Waals surface area contributed by atoms with Gasteiger partial charge in [0.1, 0.15) is 29.4 Å². The molecule has 6 saturated heterocycles. The van der Waals surface area contributed by atoms with Crippen molar-refractivity contribution in [1.29, 1.82) is 0 Å². The number of nitrogens with one attached hydrogen (secondary N) is 4. The fourth-order valence-corrected chi connectivity index (χ4v) is 13.0. The first-order chi connectivity index (χ1) is 36.6. The van der Waals surface area contributed by atoms with Crippen LogP contribution in [0.3, 0.4) is 0 Å². The fourth-order valence-electron chi connectivity index (χ4n) is 13.0. The predicted octanol–water partition coefficient (Wildman–Crippen LogP) is 8.42. The summed E-state index contributed by atoms with van der Waals surface area (Å²) < 4.78 is 54.1. The van der Waals surface area contributed by atoms with E-state index in [2.05, 4.69) is 37.6 Å². The van der Waals surface area contributed by atoms with Crippen molar-refractivity contribution in [3.8, 4) is 0 Å². The van der Waals surface area contributed by atoms with E-state index in [1.54, 1.807) is 0 Å². The first-order valence-electron chi connectivity index (χ1n) is 27.0. The first kappa shape index (κ1) is 50.6. The normalized spacial score (nSPS) is 23.7. The molecule has 6 aliphatic rings. The number of nitrogens with zero attached hydrogens (tertiary/aromatic N) is 6. The third kappa shape index (κ3) is 10.2. The standard InChI is InChI=1S/C55H68F2N10O8/c1-72-54(70)62-47(32-16-24-74-25-17-32)52(68)65-22-6-8-45(65)50-58-39-12-10-34(28-41(39)60-50)43-14-15-44(67(43)36-30-37(56)49(38(57)31-36)64-20-4-3-5-21-64)35-11-13-40-42(29-35)61-51(59-40)46-9-7-23-66(46)53(69)48(63-55(71)73-2)33-18-26-75-27-19-33/h10-13,28-33,43-48H,3-9,14-27H2,1-2H3,(H,58,60)(H,59,61)(H,62,70)(H,63,71)/t43-,44+,45-,46-,47-,48-/m0/s1. The Morgan fingerprint density at radius 1 is 0.587 bits per heavy atom. The Kier molecular flexibility index (Phi) is 14.8. The molecule has 6 atom stereocenters. The lowest BCUT2D eigenvalue weighted by atomic mass is 9.90. The lowest BCUT2D eigenvalue weighted by molar-refractivity contribution is -0.137. The molecule has 75 heavy (non-hydrogen) atoms. The van der Waals surface area contributed by atoms with Gasteiger partial charge in [0.05, 0.1) is 60.5 Å². The maximum absolute atomic E-state index is 16.5. The van der Waals surface area contributed by atoms with E-state index in [0.717, 1.165) is 65.3 Å². The lowest BCUT2D eigenvalue weighted by Gasteiger charge is -2.35. The van der Waals surface area contributed by atoms with Crippen LogP contribution >= 0.6 is 0 Å². The number of anilines is 2. The first-order valence-corrected chi connectivity index (χ1v) is 27.0. The molecule has 3 aromatic carbocycles. The number of benzene rings is 3. The monoisotopic (exact) mass is 1030 g/mol. The molecule has 6 fully saturated rings. The summed E-state index contributed by atoms with van der Waals surface area (Å²) in [6, 6.07) is 12.4. The van der Waals surface area contributed by atoms with E-state index in [1.807, 2.05) is 39.0 Å². The number of likely N-dealkylation sites (tertiary alicyclic amines) is 2. The van der Waals surface area contributed by atoms with Gasteiger partial charge in [0, 0.05) is 58.3 Å². The Hall–Kier alpha value is -6.54. The summed E-state index contributed by atoms with van der Waals surface area (Å²) in [7, 11) is 2.59. The fraction of sp³-hybridized carbons (Fsp3) is 0.564. The number of fused-ring (bicyclic) bond motifs is 2. The molecule has 0 spiro atoms. The minimum absolute atomic E-state index is 0.0164. The maximum Gasteiger partial charge on any atom is 0.407 e. The summed E-state index contributed by atoms with van der Waals surface area (Å²) in [6.45, 7) is 4.31.